The lowest BCUT2D eigenvalue weighted by atomic mass is 10.2. The summed E-state index contributed by atoms with van der Waals surface area (Å²) in [5.74, 6) is 1.94. The number of guanidine groups is 1. The van der Waals surface area contributed by atoms with Crippen LogP contribution < -0.4 is 10.6 Å². The fourth-order valence-electron chi connectivity index (χ4n) is 1.81. The molecule has 0 bridgehead atoms. The topological polar surface area (TPSA) is 36.4 Å². The van der Waals surface area contributed by atoms with Crippen LogP contribution in [0.25, 0.3) is 0 Å². The molecule has 3 nitrogen and oxygen atoms in total. The molecule has 0 saturated heterocycles. The van der Waals surface area contributed by atoms with Crippen molar-refractivity contribution in [3.8, 4) is 0 Å². The molecule has 0 amide bonds. The van der Waals surface area contributed by atoms with Crippen LogP contribution in [0.3, 0.4) is 0 Å². The Balaban J connectivity index is 1.59. The van der Waals surface area contributed by atoms with Crippen molar-refractivity contribution < 1.29 is 0 Å². The van der Waals surface area contributed by atoms with Crippen LogP contribution in [0.15, 0.2) is 22.5 Å². The maximum atomic E-state index is 4.22. The third-order valence-electron chi connectivity index (χ3n) is 3.01. The van der Waals surface area contributed by atoms with Crippen molar-refractivity contribution in [3.63, 3.8) is 0 Å². The minimum atomic E-state index is 0.861. The lowest BCUT2D eigenvalue weighted by molar-refractivity contribution is 0.645. The second kappa shape index (κ2) is 6.64. The number of nitrogens with zero attached hydrogens (tertiary/aromatic N) is 1. The Morgan fingerprint density at radius 3 is 3.00 bits per heavy atom. The van der Waals surface area contributed by atoms with Crippen molar-refractivity contribution in [1.29, 1.82) is 0 Å². The van der Waals surface area contributed by atoms with Gasteiger partial charge in [0.25, 0.3) is 0 Å². The van der Waals surface area contributed by atoms with E-state index in [4.69, 9.17) is 0 Å². The number of hydrogen-bond acceptors (Lipinski definition) is 2. The Hall–Kier alpha value is -1.03. The van der Waals surface area contributed by atoms with Crippen molar-refractivity contribution in [2.24, 2.45) is 10.9 Å². The summed E-state index contributed by atoms with van der Waals surface area (Å²) in [6.45, 7) is 1.89. The smallest absolute Gasteiger partial charge is 0.191 e. The summed E-state index contributed by atoms with van der Waals surface area (Å²) in [5, 5.41) is 8.78. The van der Waals surface area contributed by atoms with Gasteiger partial charge in [0.15, 0.2) is 5.96 Å². The number of nitrogens with one attached hydrogen (secondary N) is 2. The first-order chi connectivity index (χ1) is 8.38. The minimum absolute atomic E-state index is 0.861. The summed E-state index contributed by atoms with van der Waals surface area (Å²) in [4.78, 5) is 5.56. The zero-order valence-electron chi connectivity index (χ0n) is 10.4. The summed E-state index contributed by atoms with van der Waals surface area (Å²) < 4.78 is 0. The van der Waals surface area contributed by atoms with Crippen LogP contribution in [0.4, 0.5) is 0 Å². The molecule has 4 heteroatoms. The summed E-state index contributed by atoms with van der Waals surface area (Å²) >= 11 is 1.77. The molecule has 0 radical (unpaired) electrons. The summed E-state index contributed by atoms with van der Waals surface area (Å²) in [5.41, 5.74) is 0. The van der Waals surface area contributed by atoms with Gasteiger partial charge in [-0.2, -0.15) is 0 Å². The lowest BCUT2D eigenvalue weighted by Gasteiger charge is -2.10. The zero-order chi connectivity index (χ0) is 11.9. The first kappa shape index (κ1) is 12.4. The second-order valence-corrected chi connectivity index (χ2v) is 5.55. The van der Waals surface area contributed by atoms with E-state index in [1.165, 1.54) is 30.6 Å². The van der Waals surface area contributed by atoms with E-state index < -0.39 is 0 Å². The number of rotatable bonds is 6. The van der Waals surface area contributed by atoms with Crippen molar-refractivity contribution in [2.75, 3.05) is 13.6 Å². The molecule has 1 fully saturated rings. The fourth-order valence-corrected chi connectivity index (χ4v) is 2.45. The van der Waals surface area contributed by atoms with Gasteiger partial charge >= 0.3 is 0 Å². The number of hydrogen-bond donors (Lipinski definition) is 2. The molecule has 1 aliphatic carbocycles. The molecule has 0 spiro atoms. The molecular weight excluding hydrogens is 230 g/mol. The Kier molecular flexibility index (Phi) is 4.86. The van der Waals surface area contributed by atoms with Gasteiger partial charge < -0.3 is 10.6 Å². The summed E-state index contributed by atoms with van der Waals surface area (Å²) in [7, 11) is 1.82. The third-order valence-corrected chi connectivity index (χ3v) is 3.89. The quantitative estimate of drug-likeness (QED) is 0.463. The Morgan fingerprint density at radius 2 is 2.35 bits per heavy atom. The first-order valence-electron chi connectivity index (χ1n) is 6.35. The molecule has 2 rings (SSSR count). The van der Waals surface area contributed by atoms with E-state index in [9.17, 15) is 0 Å². The highest BCUT2D eigenvalue weighted by molar-refractivity contribution is 7.09. The first-order valence-corrected chi connectivity index (χ1v) is 7.23. The summed E-state index contributed by atoms with van der Waals surface area (Å²) in [6.07, 6.45) is 5.52. The van der Waals surface area contributed by atoms with Crippen LogP contribution in [-0.4, -0.2) is 19.6 Å². The monoisotopic (exact) mass is 251 g/mol. The standard InChI is InChI=1S/C13H21N3S/c1-14-13(15-8-2-4-11-6-7-11)16-10-12-5-3-9-17-12/h3,5,9,11H,2,4,6-8,10H2,1H3,(H2,14,15,16). The molecule has 0 aromatic carbocycles. The van der Waals surface area contributed by atoms with Gasteiger partial charge in [0, 0.05) is 18.5 Å². The van der Waals surface area contributed by atoms with Gasteiger partial charge in [-0.3, -0.25) is 4.99 Å². The second-order valence-electron chi connectivity index (χ2n) is 4.52. The van der Waals surface area contributed by atoms with Crippen molar-refractivity contribution >= 4 is 17.3 Å². The average molecular weight is 251 g/mol. The molecule has 0 unspecified atom stereocenters. The Labute approximate surface area is 107 Å². The van der Waals surface area contributed by atoms with Gasteiger partial charge in [0.05, 0.1) is 6.54 Å². The van der Waals surface area contributed by atoms with Crippen LogP contribution in [0.5, 0.6) is 0 Å². The predicted octanol–water partition coefficient (Wildman–Crippen LogP) is 2.60. The van der Waals surface area contributed by atoms with E-state index in [1.807, 2.05) is 7.05 Å². The van der Waals surface area contributed by atoms with Gasteiger partial charge in [-0.25, -0.2) is 0 Å². The molecule has 17 heavy (non-hydrogen) atoms. The maximum absolute atomic E-state index is 4.22. The van der Waals surface area contributed by atoms with E-state index in [0.717, 1.165) is 25.0 Å². The van der Waals surface area contributed by atoms with Crippen LogP contribution in [-0.2, 0) is 6.54 Å². The highest BCUT2D eigenvalue weighted by Crippen LogP contribution is 2.33. The Morgan fingerprint density at radius 1 is 1.47 bits per heavy atom. The number of thiophene rings is 1. The van der Waals surface area contributed by atoms with E-state index in [-0.39, 0.29) is 0 Å². The molecule has 1 aromatic rings. The normalized spacial score (nSPS) is 15.9. The van der Waals surface area contributed by atoms with Crippen molar-refractivity contribution in [3.05, 3.63) is 22.4 Å². The molecule has 2 N–H and O–H groups in total. The van der Waals surface area contributed by atoms with Gasteiger partial charge in [0.1, 0.15) is 0 Å². The highest BCUT2D eigenvalue weighted by Gasteiger charge is 2.19. The molecule has 94 valence electrons. The zero-order valence-corrected chi connectivity index (χ0v) is 11.2. The van der Waals surface area contributed by atoms with Gasteiger partial charge in [-0.05, 0) is 30.2 Å². The predicted molar refractivity (Wildman–Crippen MR) is 74.5 cm³/mol. The molecule has 1 aliphatic rings. The van der Waals surface area contributed by atoms with E-state index in [1.54, 1.807) is 11.3 Å². The lowest BCUT2D eigenvalue weighted by Crippen LogP contribution is -2.37. The highest BCUT2D eigenvalue weighted by atomic mass is 32.1. The van der Waals surface area contributed by atoms with Gasteiger partial charge in [0.2, 0.25) is 0 Å². The number of aliphatic imine (C=N–C) groups is 1. The molecule has 1 aromatic heterocycles. The van der Waals surface area contributed by atoms with Gasteiger partial charge in [-0.15, -0.1) is 11.3 Å². The largest absolute Gasteiger partial charge is 0.356 e. The van der Waals surface area contributed by atoms with Crippen molar-refractivity contribution in [1.82, 2.24) is 10.6 Å². The van der Waals surface area contributed by atoms with E-state index >= 15 is 0 Å². The fraction of sp³-hybridized carbons (Fsp3) is 0.615. The van der Waals surface area contributed by atoms with Gasteiger partial charge in [-0.1, -0.05) is 18.9 Å². The van der Waals surface area contributed by atoms with Crippen molar-refractivity contribution in [2.45, 2.75) is 32.2 Å². The Bertz CT molecular complexity index is 342. The minimum Gasteiger partial charge on any atom is -0.356 e. The third kappa shape index (κ3) is 4.77. The molecular formula is C13H21N3S. The molecule has 0 atom stereocenters. The molecule has 1 saturated carbocycles. The van der Waals surface area contributed by atoms with Crippen LogP contribution in [0.2, 0.25) is 0 Å². The van der Waals surface area contributed by atoms with Crippen LogP contribution >= 0.6 is 11.3 Å². The van der Waals surface area contributed by atoms with Crippen LogP contribution in [0.1, 0.15) is 30.6 Å². The molecule has 1 heterocycles. The molecule has 0 aliphatic heterocycles. The van der Waals surface area contributed by atoms with Crippen LogP contribution in [0, 0.1) is 5.92 Å². The average Bonchev–Trinajstić information content (AvgIpc) is 3.02. The maximum Gasteiger partial charge on any atom is 0.191 e. The summed E-state index contributed by atoms with van der Waals surface area (Å²) in [6, 6.07) is 4.21. The van der Waals surface area contributed by atoms with E-state index in [2.05, 4.69) is 33.1 Å². The SMILES string of the molecule is CN=C(NCCCC1CC1)NCc1cccs1. The van der Waals surface area contributed by atoms with E-state index in [0.29, 0.717) is 0 Å².